The van der Waals surface area contributed by atoms with Crippen molar-refractivity contribution in [3.8, 4) is 0 Å². The predicted octanol–water partition coefficient (Wildman–Crippen LogP) is -1.60. The lowest BCUT2D eigenvalue weighted by Gasteiger charge is -2.36. The van der Waals surface area contributed by atoms with Crippen molar-refractivity contribution in [2.24, 2.45) is 11.7 Å². The van der Waals surface area contributed by atoms with E-state index in [0.717, 1.165) is 13.1 Å². The van der Waals surface area contributed by atoms with Gasteiger partial charge in [0.1, 0.15) is 0 Å². The number of carbonyl (C=O) groups excluding carboxylic acids is 1. The molecule has 1 heterocycles. The SMILES string of the molecule is NC(=O)C1CN(CCO)C1. The highest BCUT2D eigenvalue weighted by Crippen LogP contribution is 2.12. The molecule has 0 unspecified atom stereocenters. The minimum Gasteiger partial charge on any atom is -0.395 e. The Bertz CT molecular complexity index is 132. The van der Waals surface area contributed by atoms with Crippen LogP contribution in [-0.4, -0.2) is 42.2 Å². The largest absolute Gasteiger partial charge is 0.395 e. The minimum atomic E-state index is -0.228. The fourth-order valence-corrected chi connectivity index (χ4v) is 1.07. The summed E-state index contributed by atoms with van der Waals surface area (Å²) < 4.78 is 0. The van der Waals surface area contributed by atoms with Gasteiger partial charge in [-0.1, -0.05) is 0 Å². The number of β-amino-alcohol motifs (C(OH)–C–C–N with tert-alkyl or cyclic N) is 1. The van der Waals surface area contributed by atoms with Crippen LogP contribution in [0.15, 0.2) is 0 Å². The summed E-state index contributed by atoms with van der Waals surface area (Å²) in [5.74, 6) is -0.208. The van der Waals surface area contributed by atoms with Crippen molar-refractivity contribution in [3.05, 3.63) is 0 Å². The molecule has 3 N–H and O–H groups in total. The van der Waals surface area contributed by atoms with E-state index in [-0.39, 0.29) is 18.4 Å². The molecule has 1 saturated heterocycles. The highest BCUT2D eigenvalue weighted by atomic mass is 16.3. The van der Waals surface area contributed by atoms with E-state index in [9.17, 15) is 4.79 Å². The van der Waals surface area contributed by atoms with E-state index >= 15 is 0 Å². The quantitative estimate of drug-likeness (QED) is 0.501. The Morgan fingerprint density at radius 1 is 1.70 bits per heavy atom. The molecule has 0 aromatic heterocycles. The van der Waals surface area contributed by atoms with Crippen LogP contribution in [0.2, 0.25) is 0 Å². The predicted molar refractivity (Wildman–Crippen MR) is 36.2 cm³/mol. The summed E-state index contributed by atoms with van der Waals surface area (Å²) >= 11 is 0. The van der Waals surface area contributed by atoms with Gasteiger partial charge in [-0.05, 0) is 0 Å². The first kappa shape index (κ1) is 7.50. The van der Waals surface area contributed by atoms with Gasteiger partial charge < -0.3 is 10.8 Å². The van der Waals surface area contributed by atoms with Crippen molar-refractivity contribution in [2.45, 2.75) is 0 Å². The Labute approximate surface area is 59.6 Å². The molecule has 1 rings (SSSR count). The van der Waals surface area contributed by atoms with E-state index in [4.69, 9.17) is 10.8 Å². The van der Waals surface area contributed by atoms with Gasteiger partial charge in [0.2, 0.25) is 5.91 Å². The maximum Gasteiger partial charge on any atom is 0.223 e. The van der Waals surface area contributed by atoms with Crippen LogP contribution in [0.25, 0.3) is 0 Å². The van der Waals surface area contributed by atoms with Crippen LogP contribution in [0, 0.1) is 5.92 Å². The molecular formula is C6H12N2O2. The number of hydrogen-bond acceptors (Lipinski definition) is 3. The van der Waals surface area contributed by atoms with Gasteiger partial charge in [0.15, 0.2) is 0 Å². The number of amides is 1. The molecule has 0 saturated carbocycles. The number of primary amides is 1. The first-order chi connectivity index (χ1) is 4.74. The van der Waals surface area contributed by atoms with Gasteiger partial charge in [0.05, 0.1) is 12.5 Å². The molecule has 0 aromatic rings. The number of nitrogens with two attached hydrogens (primary N) is 1. The Morgan fingerprint density at radius 3 is 2.70 bits per heavy atom. The second kappa shape index (κ2) is 2.98. The van der Waals surface area contributed by atoms with Gasteiger partial charge in [-0.15, -0.1) is 0 Å². The summed E-state index contributed by atoms with van der Waals surface area (Å²) in [4.78, 5) is 12.5. The molecule has 0 atom stereocenters. The van der Waals surface area contributed by atoms with Crippen LogP contribution in [0.1, 0.15) is 0 Å². The van der Waals surface area contributed by atoms with E-state index in [1.807, 2.05) is 4.90 Å². The standard InChI is InChI=1S/C6H12N2O2/c7-6(10)5-3-8(4-5)1-2-9/h5,9H,1-4H2,(H2,7,10). The monoisotopic (exact) mass is 144 g/mol. The van der Waals surface area contributed by atoms with Gasteiger partial charge in [-0.25, -0.2) is 0 Å². The average Bonchev–Trinajstić information content (AvgIpc) is 1.76. The highest BCUT2D eigenvalue weighted by molar-refractivity contribution is 5.78. The molecule has 0 spiro atoms. The zero-order valence-electron chi connectivity index (χ0n) is 5.79. The Morgan fingerprint density at radius 2 is 2.30 bits per heavy atom. The van der Waals surface area contributed by atoms with Gasteiger partial charge >= 0.3 is 0 Å². The molecule has 1 amide bonds. The summed E-state index contributed by atoms with van der Waals surface area (Å²) in [6.45, 7) is 2.25. The third kappa shape index (κ3) is 1.46. The average molecular weight is 144 g/mol. The van der Waals surface area contributed by atoms with E-state index < -0.39 is 0 Å². The lowest BCUT2D eigenvalue weighted by Crippen LogP contribution is -2.53. The van der Waals surface area contributed by atoms with Gasteiger partial charge in [-0.2, -0.15) is 0 Å². The van der Waals surface area contributed by atoms with Crippen molar-refractivity contribution in [2.75, 3.05) is 26.2 Å². The molecule has 1 fully saturated rings. The normalized spacial score (nSPS) is 20.5. The Balaban J connectivity index is 2.12. The summed E-state index contributed by atoms with van der Waals surface area (Å²) in [6.07, 6.45) is 0. The molecule has 0 aliphatic carbocycles. The van der Waals surface area contributed by atoms with Crippen molar-refractivity contribution in [3.63, 3.8) is 0 Å². The molecule has 1 aliphatic rings. The molecule has 0 bridgehead atoms. The number of rotatable bonds is 3. The Kier molecular flexibility index (Phi) is 2.24. The second-order valence-corrected chi connectivity index (χ2v) is 2.58. The molecule has 1 aliphatic heterocycles. The van der Waals surface area contributed by atoms with Crippen molar-refractivity contribution in [1.82, 2.24) is 4.90 Å². The highest BCUT2D eigenvalue weighted by Gasteiger charge is 2.29. The van der Waals surface area contributed by atoms with Gasteiger partial charge in [-0.3, -0.25) is 9.69 Å². The van der Waals surface area contributed by atoms with Crippen molar-refractivity contribution in [1.29, 1.82) is 0 Å². The summed E-state index contributed by atoms with van der Waals surface area (Å²) in [6, 6.07) is 0. The van der Waals surface area contributed by atoms with Crippen LogP contribution in [0.5, 0.6) is 0 Å². The third-order valence-electron chi connectivity index (χ3n) is 1.78. The summed E-state index contributed by atoms with van der Waals surface area (Å²) in [5.41, 5.74) is 5.03. The molecule has 0 radical (unpaired) electrons. The fraction of sp³-hybridized carbons (Fsp3) is 0.833. The summed E-state index contributed by atoms with van der Waals surface area (Å²) in [5, 5.41) is 8.47. The molecule has 10 heavy (non-hydrogen) atoms. The van der Waals surface area contributed by atoms with Crippen LogP contribution in [0.4, 0.5) is 0 Å². The zero-order chi connectivity index (χ0) is 7.56. The first-order valence-electron chi connectivity index (χ1n) is 3.36. The molecule has 0 aromatic carbocycles. The van der Waals surface area contributed by atoms with E-state index in [2.05, 4.69) is 0 Å². The Hall–Kier alpha value is -0.610. The minimum absolute atomic E-state index is 0.0200. The maximum atomic E-state index is 10.5. The topological polar surface area (TPSA) is 66.6 Å². The lowest BCUT2D eigenvalue weighted by atomic mass is 10.00. The number of nitrogens with zero attached hydrogens (tertiary/aromatic N) is 1. The fourth-order valence-electron chi connectivity index (χ4n) is 1.07. The molecule has 4 nitrogen and oxygen atoms in total. The van der Waals surface area contributed by atoms with Crippen molar-refractivity contribution < 1.29 is 9.90 Å². The molecular weight excluding hydrogens is 132 g/mol. The zero-order valence-corrected chi connectivity index (χ0v) is 5.79. The maximum absolute atomic E-state index is 10.5. The van der Waals surface area contributed by atoms with Crippen LogP contribution in [-0.2, 0) is 4.79 Å². The first-order valence-corrected chi connectivity index (χ1v) is 3.36. The molecule has 58 valence electrons. The second-order valence-electron chi connectivity index (χ2n) is 2.58. The van der Waals surface area contributed by atoms with E-state index in [0.29, 0.717) is 6.54 Å². The number of aliphatic hydroxyl groups excluding tert-OH is 1. The number of aliphatic hydroxyl groups is 1. The van der Waals surface area contributed by atoms with Crippen LogP contribution >= 0.6 is 0 Å². The van der Waals surface area contributed by atoms with Gasteiger partial charge in [0, 0.05) is 19.6 Å². The van der Waals surface area contributed by atoms with E-state index in [1.165, 1.54) is 0 Å². The van der Waals surface area contributed by atoms with Crippen LogP contribution < -0.4 is 5.73 Å². The molecule has 4 heteroatoms. The number of carbonyl (C=O) groups is 1. The smallest absolute Gasteiger partial charge is 0.223 e. The number of likely N-dealkylation sites (tertiary alicyclic amines) is 1. The summed E-state index contributed by atoms with van der Waals surface area (Å²) in [7, 11) is 0. The van der Waals surface area contributed by atoms with Gasteiger partial charge in [0.25, 0.3) is 0 Å². The van der Waals surface area contributed by atoms with Crippen molar-refractivity contribution >= 4 is 5.91 Å². The lowest BCUT2D eigenvalue weighted by molar-refractivity contribution is -0.127. The van der Waals surface area contributed by atoms with E-state index in [1.54, 1.807) is 0 Å². The number of hydrogen-bond donors (Lipinski definition) is 2. The third-order valence-corrected chi connectivity index (χ3v) is 1.78. The van der Waals surface area contributed by atoms with Crippen LogP contribution in [0.3, 0.4) is 0 Å².